The van der Waals surface area contributed by atoms with E-state index in [0.29, 0.717) is 18.8 Å². The number of hydrogen-bond acceptors (Lipinski definition) is 4. The molecule has 1 aliphatic rings. The summed E-state index contributed by atoms with van der Waals surface area (Å²) in [6, 6.07) is 12.9. The molecule has 3 rings (SSSR count). The fourth-order valence-electron chi connectivity index (χ4n) is 3.36. The van der Waals surface area contributed by atoms with Crippen molar-refractivity contribution in [3.8, 4) is 6.07 Å². The lowest BCUT2D eigenvalue weighted by Gasteiger charge is -2.38. The number of nitrogens with zero attached hydrogens (tertiary/aromatic N) is 3. The number of piperazine rings is 1. The number of nitriles is 1. The van der Waals surface area contributed by atoms with Crippen molar-refractivity contribution in [2.75, 3.05) is 36.4 Å². The standard InChI is InChI=1S/C23H25FN4O2/c1-23(2,3)22(30)28-12-10-27(11-13-28)18-7-5-17(6-8-18)26-21(29)19-9-4-16(15-25)14-20(19)24/h4-9,14H,10-13H2,1-3H3,(H,26,29). The van der Waals surface area contributed by atoms with E-state index in [4.69, 9.17) is 5.26 Å². The summed E-state index contributed by atoms with van der Waals surface area (Å²) in [4.78, 5) is 28.8. The fraction of sp³-hybridized carbons (Fsp3) is 0.348. The summed E-state index contributed by atoms with van der Waals surface area (Å²) in [5, 5.41) is 11.5. The highest BCUT2D eigenvalue weighted by atomic mass is 19.1. The van der Waals surface area contributed by atoms with Gasteiger partial charge in [-0.3, -0.25) is 9.59 Å². The minimum Gasteiger partial charge on any atom is -0.368 e. The fourth-order valence-corrected chi connectivity index (χ4v) is 3.36. The summed E-state index contributed by atoms with van der Waals surface area (Å²) in [7, 11) is 0. The van der Waals surface area contributed by atoms with Crippen molar-refractivity contribution in [1.82, 2.24) is 4.90 Å². The Labute approximate surface area is 175 Å². The summed E-state index contributed by atoms with van der Waals surface area (Å²) < 4.78 is 14.0. The van der Waals surface area contributed by atoms with Gasteiger partial charge >= 0.3 is 0 Å². The molecule has 1 heterocycles. The number of hydrogen-bond donors (Lipinski definition) is 1. The molecule has 7 heteroatoms. The van der Waals surface area contributed by atoms with Gasteiger partial charge in [-0.15, -0.1) is 0 Å². The normalized spacial score (nSPS) is 14.2. The first-order valence-corrected chi connectivity index (χ1v) is 9.84. The predicted molar refractivity (Wildman–Crippen MR) is 114 cm³/mol. The van der Waals surface area contributed by atoms with Crippen LogP contribution in [0.2, 0.25) is 0 Å². The van der Waals surface area contributed by atoms with Gasteiger partial charge in [0.05, 0.1) is 17.2 Å². The Bertz CT molecular complexity index is 982. The molecule has 6 nitrogen and oxygen atoms in total. The van der Waals surface area contributed by atoms with Crippen LogP contribution in [0.5, 0.6) is 0 Å². The number of anilines is 2. The van der Waals surface area contributed by atoms with E-state index in [-0.39, 0.29) is 22.4 Å². The molecular formula is C23H25FN4O2. The highest BCUT2D eigenvalue weighted by molar-refractivity contribution is 6.04. The summed E-state index contributed by atoms with van der Waals surface area (Å²) in [6.07, 6.45) is 0. The van der Waals surface area contributed by atoms with Crippen molar-refractivity contribution in [2.45, 2.75) is 20.8 Å². The largest absolute Gasteiger partial charge is 0.368 e. The molecule has 2 amide bonds. The van der Waals surface area contributed by atoms with E-state index < -0.39 is 11.7 Å². The minimum atomic E-state index is -0.731. The van der Waals surface area contributed by atoms with E-state index >= 15 is 0 Å². The van der Waals surface area contributed by atoms with Crippen molar-refractivity contribution < 1.29 is 14.0 Å². The predicted octanol–water partition coefficient (Wildman–Crippen LogP) is 3.64. The van der Waals surface area contributed by atoms with Gasteiger partial charge in [0.1, 0.15) is 5.82 Å². The zero-order chi connectivity index (χ0) is 21.9. The Morgan fingerprint density at radius 1 is 1.03 bits per heavy atom. The number of carbonyl (C=O) groups excluding carboxylic acids is 2. The number of benzene rings is 2. The maximum Gasteiger partial charge on any atom is 0.258 e. The molecule has 0 atom stereocenters. The zero-order valence-electron chi connectivity index (χ0n) is 17.4. The lowest BCUT2D eigenvalue weighted by atomic mass is 9.94. The van der Waals surface area contributed by atoms with E-state index in [1.165, 1.54) is 12.1 Å². The Morgan fingerprint density at radius 3 is 2.20 bits per heavy atom. The minimum absolute atomic E-state index is 0.113. The topological polar surface area (TPSA) is 76.4 Å². The molecule has 1 fully saturated rings. The van der Waals surface area contributed by atoms with E-state index in [1.807, 2.05) is 43.9 Å². The summed E-state index contributed by atoms with van der Waals surface area (Å²) in [5.74, 6) is -1.14. The molecular weight excluding hydrogens is 383 g/mol. The maximum atomic E-state index is 14.0. The summed E-state index contributed by atoms with van der Waals surface area (Å²) >= 11 is 0. The molecule has 0 saturated carbocycles. The number of amides is 2. The molecule has 2 aromatic rings. The third-order valence-corrected chi connectivity index (χ3v) is 5.04. The van der Waals surface area contributed by atoms with Crippen LogP contribution in [0.1, 0.15) is 36.7 Å². The Balaban J connectivity index is 1.60. The van der Waals surface area contributed by atoms with Crippen molar-refractivity contribution >= 4 is 23.2 Å². The lowest BCUT2D eigenvalue weighted by molar-refractivity contribution is -0.139. The maximum absolute atomic E-state index is 14.0. The van der Waals surface area contributed by atoms with Gasteiger partial charge in [0.15, 0.2) is 0 Å². The molecule has 1 N–H and O–H groups in total. The van der Waals surface area contributed by atoms with Crippen LogP contribution >= 0.6 is 0 Å². The van der Waals surface area contributed by atoms with Gasteiger partial charge < -0.3 is 15.1 Å². The average Bonchev–Trinajstić information content (AvgIpc) is 2.73. The first-order chi connectivity index (χ1) is 14.2. The van der Waals surface area contributed by atoms with Crippen molar-refractivity contribution in [1.29, 1.82) is 5.26 Å². The third-order valence-electron chi connectivity index (χ3n) is 5.04. The molecule has 0 aliphatic carbocycles. The van der Waals surface area contributed by atoms with E-state index in [9.17, 15) is 14.0 Å². The Kier molecular flexibility index (Phi) is 6.06. The van der Waals surface area contributed by atoms with Crippen LogP contribution in [0.3, 0.4) is 0 Å². The quantitative estimate of drug-likeness (QED) is 0.841. The zero-order valence-corrected chi connectivity index (χ0v) is 17.4. The van der Waals surface area contributed by atoms with E-state index in [2.05, 4.69) is 10.2 Å². The van der Waals surface area contributed by atoms with Crippen LogP contribution in [0.4, 0.5) is 15.8 Å². The smallest absolute Gasteiger partial charge is 0.258 e. The molecule has 156 valence electrons. The summed E-state index contributed by atoms with van der Waals surface area (Å²) in [5.41, 5.74) is 1.22. The van der Waals surface area contributed by atoms with Crippen LogP contribution in [-0.2, 0) is 4.79 Å². The second-order valence-electron chi connectivity index (χ2n) is 8.34. The second-order valence-corrected chi connectivity index (χ2v) is 8.34. The van der Waals surface area contributed by atoms with Gasteiger partial charge in [-0.05, 0) is 42.5 Å². The molecule has 0 aromatic heterocycles. The molecule has 0 bridgehead atoms. The Morgan fingerprint density at radius 2 is 1.67 bits per heavy atom. The van der Waals surface area contributed by atoms with Crippen molar-refractivity contribution in [3.63, 3.8) is 0 Å². The molecule has 2 aromatic carbocycles. The second kappa shape index (κ2) is 8.54. The van der Waals surface area contributed by atoms with Crippen LogP contribution in [0.15, 0.2) is 42.5 Å². The van der Waals surface area contributed by atoms with Crippen LogP contribution in [0.25, 0.3) is 0 Å². The van der Waals surface area contributed by atoms with Crippen molar-refractivity contribution in [2.24, 2.45) is 5.41 Å². The molecule has 0 unspecified atom stereocenters. The third kappa shape index (κ3) is 4.77. The van der Waals surface area contributed by atoms with Crippen molar-refractivity contribution in [3.05, 3.63) is 59.4 Å². The highest BCUT2D eigenvalue weighted by Crippen LogP contribution is 2.23. The Hall–Kier alpha value is -3.40. The van der Waals surface area contributed by atoms with Gasteiger partial charge in [0, 0.05) is 43.0 Å². The average molecular weight is 408 g/mol. The monoisotopic (exact) mass is 408 g/mol. The highest BCUT2D eigenvalue weighted by Gasteiger charge is 2.29. The molecule has 1 aliphatic heterocycles. The van der Waals surface area contributed by atoms with Gasteiger partial charge in [-0.25, -0.2) is 4.39 Å². The molecule has 0 radical (unpaired) electrons. The number of halogens is 1. The van der Waals surface area contributed by atoms with E-state index in [0.717, 1.165) is 24.8 Å². The van der Waals surface area contributed by atoms with Crippen LogP contribution < -0.4 is 10.2 Å². The van der Waals surface area contributed by atoms with Gasteiger partial charge in [-0.2, -0.15) is 5.26 Å². The first-order valence-electron chi connectivity index (χ1n) is 9.84. The van der Waals surface area contributed by atoms with Crippen LogP contribution in [-0.4, -0.2) is 42.9 Å². The first kappa shape index (κ1) is 21.3. The SMILES string of the molecule is CC(C)(C)C(=O)N1CCN(c2ccc(NC(=O)c3ccc(C#N)cc3F)cc2)CC1. The molecule has 0 spiro atoms. The van der Waals surface area contributed by atoms with Gasteiger partial charge in [0.2, 0.25) is 5.91 Å². The molecule has 1 saturated heterocycles. The van der Waals surface area contributed by atoms with Crippen LogP contribution in [0, 0.1) is 22.6 Å². The lowest BCUT2D eigenvalue weighted by Crippen LogP contribution is -2.51. The number of carbonyl (C=O) groups is 2. The van der Waals surface area contributed by atoms with Gasteiger partial charge in [-0.1, -0.05) is 20.8 Å². The summed E-state index contributed by atoms with van der Waals surface area (Å²) in [6.45, 7) is 8.61. The number of rotatable bonds is 3. The molecule has 30 heavy (non-hydrogen) atoms. The van der Waals surface area contributed by atoms with Gasteiger partial charge in [0.25, 0.3) is 5.91 Å². The number of nitrogens with one attached hydrogen (secondary N) is 1. The van der Waals surface area contributed by atoms with E-state index in [1.54, 1.807) is 12.1 Å².